The largest absolute Gasteiger partial charge is 0.347 e. The first-order valence-corrected chi connectivity index (χ1v) is 13.4. The van der Waals surface area contributed by atoms with Crippen LogP contribution in [-0.2, 0) is 14.8 Å². The monoisotopic (exact) mass is 550 g/mol. The molecule has 188 valence electrons. The number of nitrogens with two attached hydrogens (primary N) is 1. The van der Waals surface area contributed by atoms with Gasteiger partial charge in [0.1, 0.15) is 6.04 Å². The van der Waals surface area contributed by atoms with E-state index in [9.17, 15) is 13.2 Å². The van der Waals surface area contributed by atoms with Crippen molar-refractivity contribution in [1.82, 2.24) is 5.32 Å². The van der Waals surface area contributed by atoms with Crippen molar-refractivity contribution < 1.29 is 13.2 Å². The smallest absolute Gasteiger partial charge is 0.251 e. The summed E-state index contributed by atoms with van der Waals surface area (Å²) in [5, 5.41) is 15.2. The predicted molar refractivity (Wildman–Crippen MR) is 152 cm³/mol. The van der Waals surface area contributed by atoms with Crippen LogP contribution in [0.4, 0.5) is 11.4 Å². The lowest BCUT2D eigenvalue weighted by Gasteiger charge is -2.21. The fourth-order valence-electron chi connectivity index (χ4n) is 3.68. The molecule has 4 rings (SSSR count). The van der Waals surface area contributed by atoms with Crippen LogP contribution in [0.3, 0.4) is 0 Å². The third-order valence-electron chi connectivity index (χ3n) is 5.43. The van der Waals surface area contributed by atoms with Gasteiger partial charge in [-0.2, -0.15) is 0 Å². The number of halogens is 1. The van der Waals surface area contributed by atoms with Gasteiger partial charge in [0, 0.05) is 22.0 Å². The summed E-state index contributed by atoms with van der Waals surface area (Å²) >= 11 is 11.4. The Morgan fingerprint density at radius 2 is 1.35 bits per heavy atom. The molecule has 0 saturated carbocycles. The van der Waals surface area contributed by atoms with Gasteiger partial charge in [-0.1, -0.05) is 72.3 Å². The van der Waals surface area contributed by atoms with E-state index < -0.39 is 16.1 Å². The second-order valence-electron chi connectivity index (χ2n) is 8.06. The lowest BCUT2D eigenvalue weighted by atomic mass is 10.0. The first kappa shape index (κ1) is 26.3. The maximum Gasteiger partial charge on any atom is 0.251 e. The van der Waals surface area contributed by atoms with Gasteiger partial charge in [0.15, 0.2) is 5.11 Å². The molecule has 37 heavy (non-hydrogen) atoms. The van der Waals surface area contributed by atoms with E-state index >= 15 is 0 Å². The van der Waals surface area contributed by atoms with Crippen LogP contribution < -0.4 is 21.1 Å². The minimum Gasteiger partial charge on any atom is -0.347 e. The summed E-state index contributed by atoms with van der Waals surface area (Å²) in [7, 11) is -3.89. The van der Waals surface area contributed by atoms with Crippen LogP contribution >= 0.6 is 23.8 Å². The third kappa shape index (κ3) is 6.93. The molecule has 1 atom stereocenters. The van der Waals surface area contributed by atoms with Gasteiger partial charge in [-0.25, -0.2) is 13.6 Å². The number of thiocarbonyl (C=S) groups is 1. The van der Waals surface area contributed by atoms with Crippen molar-refractivity contribution in [3.63, 3.8) is 0 Å². The molecule has 0 spiro atoms. The van der Waals surface area contributed by atoms with Gasteiger partial charge in [0.25, 0.3) is 5.91 Å². The van der Waals surface area contributed by atoms with Gasteiger partial charge < -0.3 is 16.0 Å². The maximum atomic E-state index is 13.3. The van der Waals surface area contributed by atoms with E-state index in [1.165, 1.54) is 6.07 Å². The number of carbonyl (C=O) groups excluding carboxylic acids is 1. The van der Waals surface area contributed by atoms with Crippen LogP contribution in [-0.4, -0.2) is 19.4 Å². The minimum atomic E-state index is -3.89. The summed E-state index contributed by atoms with van der Waals surface area (Å²) in [6, 6.07) is 28.8. The second kappa shape index (κ2) is 11.5. The third-order valence-corrected chi connectivity index (χ3v) is 6.87. The molecular weight excluding hydrogens is 528 g/mol. The van der Waals surface area contributed by atoms with E-state index in [-0.39, 0.29) is 15.9 Å². The molecule has 0 radical (unpaired) electrons. The average molecular weight is 551 g/mol. The van der Waals surface area contributed by atoms with Crippen molar-refractivity contribution in [2.75, 3.05) is 10.6 Å². The summed E-state index contributed by atoms with van der Waals surface area (Å²) in [6.45, 7) is 0. The first-order valence-electron chi connectivity index (χ1n) is 11.1. The van der Waals surface area contributed by atoms with E-state index in [0.717, 1.165) is 11.3 Å². The van der Waals surface area contributed by atoms with Crippen molar-refractivity contribution in [2.24, 2.45) is 5.14 Å². The number of sulfonamides is 1. The Labute approximate surface area is 225 Å². The van der Waals surface area contributed by atoms with Crippen molar-refractivity contribution >= 4 is 56.2 Å². The quantitative estimate of drug-likeness (QED) is 0.232. The lowest BCUT2D eigenvalue weighted by Crippen LogP contribution is -2.39. The van der Waals surface area contributed by atoms with Crippen molar-refractivity contribution in [2.45, 2.75) is 10.9 Å². The molecule has 4 aromatic carbocycles. The zero-order valence-electron chi connectivity index (χ0n) is 19.4. The van der Waals surface area contributed by atoms with Gasteiger partial charge in [0.05, 0.1) is 4.90 Å². The van der Waals surface area contributed by atoms with Crippen LogP contribution in [0.2, 0.25) is 5.02 Å². The normalized spacial score (nSPS) is 11.8. The highest BCUT2D eigenvalue weighted by Gasteiger charge is 2.22. The zero-order valence-corrected chi connectivity index (χ0v) is 21.8. The van der Waals surface area contributed by atoms with Gasteiger partial charge in [-0.05, 0) is 65.8 Å². The number of primary sulfonamides is 1. The Morgan fingerprint density at radius 3 is 2.00 bits per heavy atom. The predicted octanol–water partition coefficient (Wildman–Crippen LogP) is 5.32. The molecule has 0 unspecified atom stereocenters. The Balaban J connectivity index is 1.52. The number of hydrogen-bond donors (Lipinski definition) is 4. The van der Waals surface area contributed by atoms with E-state index in [1.54, 1.807) is 66.7 Å². The molecule has 1 amide bonds. The zero-order chi connectivity index (χ0) is 26.4. The first-order chi connectivity index (χ1) is 17.7. The van der Waals surface area contributed by atoms with Crippen molar-refractivity contribution in [3.05, 3.63) is 114 Å². The molecule has 0 aliphatic heterocycles. The van der Waals surface area contributed by atoms with Gasteiger partial charge in [-0.15, -0.1) is 0 Å². The highest BCUT2D eigenvalue weighted by Crippen LogP contribution is 2.28. The number of amides is 1. The van der Waals surface area contributed by atoms with E-state index in [2.05, 4.69) is 16.0 Å². The highest BCUT2D eigenvalue weighted by atomic mass is 35.5. The summed E-state index contributed by atoms with van der Waals surface area (Å²) in [5.74, 6) is -0.329. The van der Waals surface area contributed by atoms with Crippen LogP contribution in [0.5, 0.6) is 0 Å². The van der Waals surface area contributed by atoms with Gasteiger partial charge in [0.2, 0.25) is 10.0 Å². The molecule has 0 bridgehead atoms. The molecule has 5 N–H and O–H groups in total. The molecule has 7 nitrogen and oxygen atoms in total. The fraction of sp³-hybridized carbons (Fsp3) is 0.0370. The number of rotatable bonds is 7. The standard InChI is InChI=1S/C27H23ClN4O3S2/c28-20-12-16-22(17-13-20)31-27(36)32-25(19-6-2-1-3-7-19)26(33)30-21-14-10-18(11-15-21)23-8-4-5-9-24(23)37(29,34)35/h1-17,25H,(H,30,33)(H2,29,34,35)(H2,31,32,36)/t25-/m1/s1. The van der Waals surface area contributed by atoms with Crippen molar-refractivity contribution in [1.29, 1.82) is 0 Å². The topological polar surface area (TPSA) is 113 Å². The molecule has 4 aromatic rings. The van der Waals surface area contributed by atoms with Crippen LogP contribution in [0.25, 0.3) is 11.1 Å². The molecular formula is C27H23ClN4O3S2. The SMILES string of the molecule is NS(=O)(=O)c1ccccc1-c1ccc(NC(=O)[C@H](NC(=S)Nc2ccc(Cl)cc2)c2ccccc2)cc1. The van der Waals surface area contributed by atoms with Crippen LogP contribution in [0.15, 0.2) is 108 Å². The number of benzene rings is 4. The molecule has 0 aliphatic carbocycles. The Kier molecular flexibility index (Phi) is 8.20. The number of anilines is 2. The Morgan fingerprint density at radius 1 is 0.784 bits per heavy atom. The van der Waals surface area contributed by atoms with E-state index in [4.69, 9.17) is 29.0 Å². The Bertz CT molecular complexity index is 1510. The summed E-state index contributed by atoms with van der Waals surface area (Å²) in [4.78, 5) is 13.3. The summed E-state index contributed by atoms with van der Waals surface area (Å²) < 4.78 is 23.9. The molecule has 0 saturated heterocycles. The number of carbonyl (C=O) groups is 1. The highest BCUT2D eigenvalue weighted by molar-refractivity contribution is 7.89. The molecule has 0 heterocycles. The Hall–Kier alpha value is -3.76. The lowest BCUT2D eigenvalue weighted by molar-refractivity contribution is -0.117. The van der Waals surface area contributed by atoms with Gasteiger partial charge >= 0.3 is 0 Å². The molecule has 0 fully saturated rings. The van der Waals surface area contributed by atoms with Crippen molar-refractivity contribution in [3.8, 4) is 11.1 Å². The van der Waals surface area contributed by atoms with Crippen LogP contribution in [0.1, 0.15) is 11.6 Å². The summed E-state index contributed by atoms with van der Waals surface area (Å²) in [6.07, 6.45) is 0. The maximum absolute atomic E-state index is 13.3. The molecule has 10 heteroatoms. The second-order valence-corrected chi connectivity index (χ2v) is 10.4. The summed E-state index contributed by atoms with van der Waals surface area (Å²) in [5.41, 5.74) is 3.10. The fourth-order valence-corrected chi connectivity index (χ4v) is 4.80. The van der Waals surface area contributed by atoms with E-state index in [1.807, 2.05) is 30.3 Å². The molecule has 0 aromatic heterocycles. The van der Waals surface area contributed by atoms with Gasteiger partial charge in [-0.3, -0.25) is 4.79 Å². The number of nitrogens with one attached hydrogen (secondary N) is 3. The van der Waals surface area contributed by atoms with E-state index in [0.29, 0.717) is 21.8 Å². The number of hydrogen-bond acceptors (Lipinski definition) is 4. The molecule has 0 aliphatic rings. The minimum absolute atomic E-state index is 0.0295. The van der Waals surface area contributed by atoms with Crippen LogP contribution in [0, 0.1) is 0 Å². The average Bonchev–Trinajstić information content (AvgIpc) is 2.89.